The Balaban J connectivity index is -0.000000218. The Labute approximate surface area is 114 Å². The monoisotopic (exact) mass is 286 g/mol. The normalized spacial score (nSPS) is 12.5. The van der Waals surface area contributed by atoms with Crippen LogP contribution in [0.5, 0.6) is 0 Å². The molecule has 4 nitrogen and oxygen atoms in total. The summed E-state index contributed by atoms with van der Waals surface area (Å²) in [6, 6.07) is 0. The van der Waals surface area contributed by atoms with Gasteiger partial charge in [-0.3, -0.25) is 0 Å². The fourth-order valence-corrected chi connectivity index (χ4v) is 1.10. The first kappa shape index (κ1) is 21.7. The van der Waals surface area contributed by atoms with E-state index in [9.17, 15) is 19.8 Å². The van der Waals surface area contributed by atoms with Crippen molar-refractivity contribution in [3.63, 3.8) is 0 Å². The molecule has 17 heavy (non-hydrogen) atoms. The van der Waals surface area contributed by atoms with Crippen LogP contribution in [0.1, 0.15) is 53.4 Å². The van der Waals surface area contributed by atoms with Crippen molar-refractivity contribution in [3.8, 4) is 0 Å². The molecular formula is C12H22FeO4. The zero-order valence-corrected chi connectivity index (χ0v) is 12.1. The molecule has 0 rings (SSSR count). The predicted octanol–water partition coefficient (Wildman–Crippen LogP) is 0.343. The fourth-order valence-electron chi connectivity index (χ4n) is 1.10. The minimum atomic E-state index is -0.938. The van der Waals surface area contributed by atoms with Gasteiger partial charge in [-0.15, -0.1) is 0 Å². The molecule has 5 heteroatoms. The third kappa shape index (κ3) is 15.5. The second-order valence-corrected chi connectivity index (χ2v) is 4.02. The van der Waals surface area contributed by atoms with E-state index in [4.69, 9.17) is 0 Å². The molecule has 0 saturated carbocycles. The van der Waals surface area contributed by atoms with Crippen molar-refractivity contribution in [2.24, 2.45) is 11.8 Å². The summed E-state index contributed by atoms with van der Waals surface area (Å²) in [4.78, 5) is 20.0. The molecule has 0 aromatic carbocycles. The third-order valence-corrected chi connectivity index (χ3v) is 2.25. The Morgan fingerprint density at radius 3 is 1.18 bits per heavy atom. The van der Waals surface area contributed by atoms with Gasteiger partial charge in [0.05, 0.1) is 0 Å². The van der Waals surface area contributed by atoms with Gasteiger partial charge in [0.15, 0.2) is 0 Å². The number of carbonyl (C=O) groups excluding carboxylic acids is 2. The van der Waals surface area contributed by atoms with E-state index < -0.39 is 11.9 Å². The van der Waals surface area contributed by atoms with E-state index in [-0.39, 0.29) is 28.9 Å². The van der Waals surface area contributed by atoms with Crippen molar-refractivity contribution in [2.45, 2.75) is 53.4 Å². The van der Waals surface area contributed by atoms with Crippen LogP contribution in [-0.2, 0) is 26.7 Å². The Morgan fingerprint density at radius 1 is 0.882 bits per heavy atom. The van der Waals surface area contributed by atoms with Crippen molar-refractivity contribution >= 4 is 11.9 Å². The maximum atomic E-state index is 9.98. The smallest absolute Gasteiger partial charge is 0.550 e. The van der Waals surface area contributed by atoms with Gasteiger partial charge >= 0.3 is 17.1 Å². The van der Waals surface area contributed by atoms with Gasteiger partial charge < -0.3 is 19.8 Å². The quantitative estimate of drug-likeness (QED) is 0.659. The molecule has 0 aliphatic carbocycles. The van der Waals surface area contributed by atoms with Crippen molar-refractivity contribution in [2.75, 3.05) is 0 Å². The number of aliphatic carboxylic acids is 2. The van der Waals surface area contributed by atoms with Crippen molar-refractivity contribution in [1.82, 2.24) is 0 Å². The maximum Gasteiger partial charge on any atom is 2.00 e. The molecule has 0 aromatic heterocycles. The van der Waals surface area contributed by atoms with E-state index in [2.05, 4.69) is 0 Å². The van der Waals surface area contributed by atoms with Gasteiger partial charge in [0.1, 0.15) is 0 Å². The van der Waals surface area contributed by atoms with Crippen LogP contribution in [0.15, 0.2) is 0 Å². The summed E-state index contributed by atoms with van der Waals surface area (Å²) >= 11 is 0. The zero-order chi connectivity index (χ0) is 13.1. The average molecular weight is 286 g/mol. The summed E-state index contributed by atoms with van der Waals surface area (Å²) in [6.07, 6.45) is 3.27. The van der Waals surface area contributed by atoms with Gasteiger partial charge in [-0.2, -0.15) is 0 Å². The van der Waals surface area contributed by atoms with Crippen LogP contribution in [0.3, 0.4) is 0 Å². The van der Waals surface area contributed by atoms with Gasteiger partial charge in [-0.25, -0.2) is 0 Å². The SMILES string of the molecule is CCCC(C)C(=O)[O-].CCCC(C)C(=O)[O-].[Fe+2]. The van der Waals surface area contributed by atoms with Gasteiger partial charge in [0.2, 0.25) is 0 Å². The van der Waals surface area contributed by atoms with E-state index >= 15 is 0 Å². The molecule has 102 valence electrons. The van der Waals surface area contributed by atoms with Gasteiger partial charge in [0, 0.05) is 11.9 Å². The minimum absolute atomic E-state index is 0. The molecule has 0 aliphatic rings. The number of rotatable bonds is 6. The topological polar surface area (TPSA) is 80.3 Å². The first-order valence-electron chi connectivity index (χ1n) is 5.78. The molecule has 0 amide bonds. The van der Waals surface area contributed by atoms with Crippen LogP contribution in [0.25, 0.3) is 0 Å². The second-order valence-electron chi connectivity index (χ2n) is 4.02. The van der Waals surface area contributed by atoms with Crippen LogP contribution in [-0.4, -0.2) is 11.9 Å². The van der Waals surface area contributed by atoms with E-state index in [1.54, 1.807) is 13.8 Å². The van der Waals surface area contributed by atoms with Crippen LogP contribution in [0.4, 0.5) is 0 Å². The largest absolute Gasteiger partial charge is 2.00 e. The molecule has 0 bridgehead atoms. The van der Waals surface area contributed by atoms with Crippen LogP contribution >= 0.6 is 0 Å². The van der Waals surface area contributed by atoms with Crippen LogP contribution < -0.4 is 10.2 Å². The predicted molar refractivity (Wildman–Crippen MR) is 58.2 cm³/mol. The number of hydrogen-bond acceptors (Lipinski definition) is 4. The number of hydrogen-bond donors (Lipinski definition) is 0. The molecule has 0 aliphatic heterocycles. The Kier molecular flexibility index (Phi) is 17.3. The van der Waals surface area contributed by atoms with E-state index in [0.29, 0.717) is 0 Å². The molecule has 0 aromatic rings. The Morgan fingerprint density at radius 2 is 1.12 bits per heavy atom. The first-order chi connectivity index (χ1) is 7.36. The van der Waals surface area contributed by atoms with Crippen molar-refractivity contribution in [3.05, 3.63) is 0 Å². The molecule has 0 radical (unpaired) electrons. The molecule has 2 atom stereocenters. The summed E-state index contributed by atoms with van der Waals surface area (Å²) in [5, 5.41) is 20.0. The van der Waals surface area contributed by atoms with Gasteiger partial charge in [-0.1, -0.05) is 40.5 Å². The van der Waals surface area contributed by atoms with Gasteiger partial charge in [0.25, 0.3) is 0 Å². The summed E-state index contributed by atoms with van der Waals surface area (Å²) in [5.74, 6) is -2.43. The zero-order valence-electron chi connectivity index (χ0n) is 11.0. The molecule has 0 fully saturated rings. The molecule has 0 saturated heterocycles. The Hall–Kier alpha value is -0.541. The maximum absolute atomic E-state index is 9.98. The number of carboxylic acid groups (broad SMARTS) is 2. The first-order valence-corrected chi connectivity index (χ1v) is 5.78. The molecule has 0 heterocycles. The van der Waals surface area contributed by atoms with Crippen LogP contribution in [0.2, 0.25) is 0 Å². The standard InChI is InChI=1S/2C6H12O2.Fe/c2*1-3-4-5(2)6(7)8;/h2*5H,3-4H2,1-2H3,(H,7,8);/q;;+2/p-2. The summed E-state index contributed by atoms with van der Waals surface area (Å²) < 4.78 is 0. The fraction of sp³-hybridized carbons (Fsp3) is 0.833. The summed E-state index contributed by atoms with van der Waals surface area (Å²) in [5.41, 5.74) is 0. The third-order valence-electron chi connectivity index (χ3n) is 2.25. The average Bonchev–Trinajstić information content (AvgIpc) is 2.19. The number of carbonyl (C=O) groups is 2. The number of carboxylic acids is 2. The summed E-state index contributed by atoms with van der Waals surface area (Å²) in [6.45, 7) is 7.25. The van der Waals surface area contributed by atoms with E-state index in [0.717, 1.165) is 25.7 Å². The van der Waals surface area contributed by atoms with Crippen LogP contribution in [0, 0.1) is 11.8 Å². The molecule has 0 N–H and O–H groups in total. The summed E-state index contributed by atoms with van der Waals surface area (Å²) in [7, 11) is 0. The van der Waals surface area contributed by atoms with Crippen molar-refractivity contribution < 1.29 is 36.9 Å². The molecular weight excluding hydrogens is 264 g/mol. The van der Waals surface area contributed by atoms with E-state index in [1.807, 2.05) is 13.8 Å². The van der Waals surface area contributed by atoms with Crippen molar-refractivity contribution in [1.29, 1.82) is 0 Å². The minimum Gasteiger partial charge on any atom is -0.550 e. The Bertz CT molecular complexity index is 185. The van der Waals surface area contributed by atoms with Gasteiger partial charge in [-0.05, 0) is 24.7 Å². The van der Waals surface area contributed by atoms with E-state index in [1.165, 1.54) is 0 Å². The molecule has 0 spiro atoms. The molecule has 2 unspecified atom stereocenters. The second kappa shape index (κ2) is 13.5.